The zero-order valence-electron chi connectivity index (χ0n) is 12.6. The normalized spacial score (nSPS) is 13.4. The summed E-state index contributed by atoms with van der Waals surface area (Å²) < 4.78 is 5.21. The molecule has 2 aromatic rings. The van der Waals surface area contributed by atoms with Crippen molar-refractivity contribution in [1.29, 1.82) is 0 Å². The predicted molar refractivity (Wildman–Crippen MR) is 77.4 cm³/mol. The van der Waals surface area contributed by atoms with E-state index in [1.54, 1.807) is 0 Å². The van der Waals surface area contributed by atoms with Gasteiger partial charge in [-0.3, -0.25) is 0 Å². The number of nitrogens with zero attached hydrogens (tertiary/aromatic N) is 2. The van der Waals surface area contributed by atoms with Crippen molar-refractivity contribution in [3.05, 3.63) is 47.1 Å². The molecule has 1 atom stereocenters. The predicted octanol–water partition coefficient (Wildman–Crippen LogP) is 2.92. The van der Waals surface area contributed by atoms with E-state index in [1.807, 2.05) is 32.9 Å². The fourth-order valence-corrected chi connectivity index (χ4v) is 1.92. The highest BCUT2D eigenvalue weighted by Gasteiger charge is 2.24. The van der Waals surface area contributed by atoms with E-state index < -0.39 is 6.10 Å². The Balaban J connectivity index is 2.02. The zero-order valence-corrected chi connectivity index (χ0v) is 12.6. The van der Waals surface area contributed by atoms with Gasteiger partial charge in [-0.25, -0.2) is 0 Å². The minimum absolute atomic E-state index is 0.189. The maximum absolute atomic E-state index is 10.0. The maximum Gasteiger partial charge on any atom is 0.229 e. The Bertz CT molecular complexity index is 570. The van der Waals surface area contributed by atoms with Crippen molar-refractivity contribution in [1.82, 2.24) is 10.1 Å². The van der Waals surface area contributed by atoms with Crippen LogP contribution in [-0.4, -0.2) is 21.4 Å². The van der Waals surface area contributed by atoms with Crippen LogP contribution in [0.15, 0.2) is 28.8 Å². The number of aromatic nitrogens is 2. The fraction of sp³-hybridized carbons (Fsp3) is 0.500. The van der Waals surface area contributed by atoms with E-state index in [4.69, 9.17) is 4.52 Å². The van der Waals surface area contributed by atoms with Gasteiger partial charge in [-0.05, 0) is 17.9 Å². The highest BCUT2D eigenvalue weighted by molar-refractivity contribution is 5.24. The van der Waals surface area contributed by atoms with Gasteiger partial charge in [0.25, 0.3) is 0 Å². The van der Waals surface area contributed by atoms with Crippen molar-refractivity contribution in [3.63, 3.8) is 0 Å². The van der Waals surface area contributed by atoms with Gasteiger partial charge in [0.05, 0.1) is 12.5 Å². The summed E-state index contributed by atoms with van der Waals surface area (Å²) in [4.78, 5) is 4.35. The average molecular weight is 274 g/mol. The number of aliphatic hydroxyl groups excluding tert-OH is 1. The van der Waals surface area contributed by atoms with Gasteiger partial charge in [-0.2, -0.15) is 4.98 Å². The molecule has 1 unspecified atom stereocenters. The summed E-state index contributed by atoms with van der Waals surface area (Å²) in [6.07, 6.45) is 0.552. The fourth-order valence-electron chi connectivity index (χ4n) is 1.92. The molecule has 0 saturated heterocycles. The van der Waals surface area contributed by atoms with Crippen LogP contribution in [0.4, 0.5) is 0 Å². The van der Waals surface area contributed by atoms with Gasteiger partial charge < -0.3 is 9.63 Å². The molecule has 0 aliphatic heterocycles. The van der Waals surface area contributed by atoms with Crippen molar-refractivity contribution < 1.29 is 9.63 Å². The van der Waals surface area contributed by atoms with E-state index in [9.17, 15) is 5.11 Å². The van der Waals surface area contributed by atoms with Crippen LogP contribution in [0.2, 0.25) is 0 Å². The Morgan fingerprint density at radius 1 is 1.30 bits per heavy atom. The molecule has 4 heteroatoms. The molecule has 2 rings (SSSR count). The lowest BCUT2D eigenvalue weighted by atomic mass is 9.87. The molecule has 0 aliphatic rings. The van der Waals surface area contributed by atoms with E-state index in [0.717, 1.165) is 5.56 Å². The molecule has 0 spiro atoms. The minimum Gasteiger partial charge on any atom is -0.392 e. The molecule has 4 nitrogen and oxygen atoms in total. The molecule has 0 aliphatic carbocycles. The number of benzene rings is 1. The van der Waals surface area contributed by atoms with Gasteiger partial charge in [-0.15, -0.1) is 0 Å². The Morgan fingerprint density at radius 3 is 2.70 bits per heavy atom. The van der Waals surface area contributed by atoms with Crippen molar-refractivity contribution in [2.75, 3.05) is 0 Å². The Hall–Kier alpha value is -1.68. The molecule has 1 N–H and O–H groups in total. The SMILES string of the molecule is Cc1cccc(Cc2noc(CC(O)C(C)(C)C)n2)c1. The first kappa shape index (κ1) is 14.7. The van der Waals surface area contributed by atoms with Crippen molar-refractivity contribution >= 4 is 0 Å². The summed E-state index contributed by atoms with van der Waals surface area (Å²) in [5.41, 5.74) is 2.19. The molecule has 108 valence electrons. The molecule has 1 aromatic carbocycles. The quantitative estimate of drug-likeness (QED) is 0.931. The Labute approximate surface area is 119 Å². The van der Waals surface area contributed by atoms with E-state index in [0.29, 0.717) is 24.6 Å². The third-order valence-electron chi connectivity index (χ3n) is 3.32. The van der Waals surface area contributed by atoms with E-state index in [2.05, 4.69) is 29.2 Å². The molecule has 0 fully saturated rings. The first-order valence-electron chi connectivity index (χ1n) is 6.89. The molecule has 0 amide bonds. The summed E-state index contributed by atoms with van der Waals surface area (Å²) in [6.45, 7) is 8.02. The zero-order chi connectivity index (χ0) is 14.8. The van der Waals surface area contributed by atoms with E-state index in [-0.39, 0.29) is 5.41 Å². The van der Waals surface area contributed by atoms with E-state index >= 15 is 0 Å². The van der Waals surface area contributed by atoms with Gasteiger partial charge in [-0.1, -0.05) is 55.8 Å². The van der Waals surface area contributed by atoms with E-state index in [1.165, 1.54) is 5.56 Å². The first-order valence-corrected chi connectivity index (χ1v) is 6.89. The summed E-state index contributed by atoms with van der Waals surface area (Å²) in [6, 6.07) is 8.24. The first-order chi connectivity index (χ1) is 9.34. The molecular weight excluding hydrogens is 252 g/mol. The lowest BCUT2D eigenvalue weighted by Gasteiger charge is -2.24. The smallest absolute Gasteiger partial charge is 0.229 e. The number of hydrogen-bond acceptors (Lipinski definition) is 4. The third-order valence-corrected chi connectivity index (χ3v) is 3.32. The Morgan fingerprint density at radius 2 is 2.05 bits per heavy atom. The second-order valence-corrected chi connectivity index (χ2v) is 6.36. The Kier molecular flexibility index (Phi) is 4.23. The van der Waals surface area contributed by atoms with Crippen LogP contribution in [0.25, 0.3) is 0 Å². The van der Waals surface area contributed by atoms with Gasteiger partial charge in [0.15, 0.2) is 5.82 Å². The van der Waals surface area contributed by atoms with Crippen LogP contribution in [-0.2, 0) is 12.8 Å². The number of rotatable bonds is 4. The second-order valence-electron chi connectivity index (χ2n) is 6.36. The molecule has 1 aromatic heterocycles. The van der Waals surface area contributed by atoms with Crippen LogP contribution in [0, 0.1) is 12.3 Å². The van der Waals surface area contributed by atoms with Crippen LogP contribution >= 0.6 is 0 Å². The number of hydrogen-bond donors (Lipinski definition) is 1. The van der Waals surface area contributed by atoms with Crippen molar-refractivity contribution in [2.24, 2.45) is 5.41 Å². The third kappa shape index (κ3) is 3.90. The highest BCUT2D eigenvalue weighted by Crippen LogP contribution is 2.22. The minimum atomic E-state index is -0.491. The summed E-state index contributed by atoms with van der Waals surface area (Å²) in [5.74, 6) is 1.15. The average Bonchev–Trinajstić information content (AvgIpc) is 2.75. The largest absolute Gasteiger partial charge is 0.392 e. The summed E-state index contributed by atoms with van der Waals surface area (Å²) in [7, 11) is 0. The monoisotopic (exact) mass is 274 g/mol. The van der Waals surface area contributed by atoms with Gasteiger partial charge in [0.1, 0.15) is 0 Å². The van der Waals surface area contributed by atoms with Crippen molar-refractivity contribution in [3.8, 4) is 0 Å². The van der Waals surface area contributed by atoms with Gasteiger partial charge >= 0.3 is 0 Å². The molecule has 0 radical (unpaired) electrons. The maximum atomic E-state index is 10.0. The molecule has 0 saturated carbocycles. The second kappa shape index (κ2) is 5.75. The van der Waals surface area contributed by atoms with Gasteiger partial charge in [0.2, 0.25) is 5.89 Å². The van der Waals surface area contributed by atoms with Crippen LogP contribution < -0.4 is 0 Å². The molecule has 1 heterocycles. The van der Waals surface area contributed by atoms with Crippen LogP contribution in [0.5, 0.6) is 0 Å². The number of aryl methyl sites for hydroxylation is 1. The summed E-state index contributed by atoms with van der Waals surface area (Å²) in [5, 5.41) is 14.0. The number of aliphatic hydroxyl groups is 1. The topological polar surface area (TPSA) is 59.2 Å². The standard InChI is InChI=1S/C16H22N2O2/c1-11-6-5-7-12(8-11)9-14-17-15(20-18-14)10-13(19)16(2,3)4/h5-8,13,19H,9-10H2,1-4H3. The molecular formula is C16H22N2O2. The van der Waals surface area contributed by atoms with Crippen molar-refractivity contribution in [2.45, 2.75) is 46.6 Å². The lowest BCUT2D eigenvalue weighted by molar-refractivity contribution is 0.0565. The molecule has 20 heavy (non-hydrogen) atoms. The van der Waals surface area contributed by atoms with Crippen LogP contribution in [0.3, 0.4) is 0 Å². The summed E-state index contributed by atoms with van der Waals surface area (Å²) >= 11 is 0. The van der Waals surface area contributed by atoms with Crippen LogP contribution in [0.1, 0.15) is 43.6 Å². The molecule has 0 bridgehead atoms. The highest BCUT2D eigenvalue weighted by atomic mass is 16.5. The van der Waals surface area contributed by atoms with Gasteiger partial charge in [0, 0.05) is 6.42 Å². The lowest BCUT2D eigenvalue weighted by Crippen LogP contribution is -2.28.